The van der Waals surface area contributed by atoms with Crippen LogP contribution < -0.4 is 29.3 Å². The van der Waals surface area contributed by atoms with Crippen molar-refractivity contribution in [3.8, 4) is 34.3 Å². The van der Waals surface area contributed by atoms with Crippen molar-refractivity contribution in [3.05, 3.63) is 118 Å². The molecule has 2 aromatic heterocycles. The summed E-state index contributed by atoms with van der Waals surface area (Å²) in [6.45, 7) is 2.46. The van der Waals surface area contributed by atoms with Gasteiger partial charge < -0.3 is 19.3 Å². The van der Waals surface area contributed by atoms with E-state index in [2.05, 4.69) is 0 Å². The van der Waals surface area contributed by atoms with Crippen LogP contribution in [0.4, 0.5) is 0 Å². The Balaban J connectivity index is 1.48. The molecular formula is C31H28N2O5. The Morgan fingerprint density at radius 3 is 2.32 bits per heavy atom. The highest BCUT2D eigenvalue weighted by molar-refractivity contribution is 5.67. The van der Waals surface area contributed by atoms with Crippen LogP contribution in [0.25, 0.3) is 16.9 Å². The Hall–Kier alpha value is -4.78. The Kier molecular flexibility index (Phi) is 7.00. The second-order valence-electron chi connectivity index (χ2n) is 8.91. The molecule has 0 bridgehead atoms. The first kappa shape index (κ1) is 24.9. The SMILES string of the molecule is COc1ccc(COc2ccc(Cn3c(=O)c(C)c(-c4ccccc4[O-])[n+]4ccccc34)cc2OC)cc1. The lowest BCUT2D eigenvalue weighted by Crippen LogP contribution is -2.38. The fourth-order valence-electron chi connectivity index (χ4n) is 4.57. The van der Waals surface area contributed by atoms with E-state index in [-0.39, 0.29) is 11.3 Å². The third-order valence-electron chi connectivity index (χ3n) is 6.54. The smallest absolute Gasteiger partial charge is 0.341 e. The number of hydrogen-bond donors (Lipinski definition) is 0. The third-order valence-corrected chi connectivity index (χ3v) is 6.54. The maximum Gasteiger partial charge on any atom is 0.341 e. The first-order valence-electron chi connectivity index (χ1n) is 12.2. The number of methoxy groups -OCH3 is 2. The molecule has 0 spiro atoms. The van der Waals surface area contributed by atoms with Gasteiger partial charge in [-0.1, -0.05) is 54.3 Å². The fraction of sp³-hybridized carbons (Fsp3) is 0.161. The van der Waals surface area contributed by atoms with Gasteiger partial charge in [0, 0.05) is 11.6 Å². The van der Waals surface area contributed by atoms with Crippen LogP contribution in [-0.2, 0) is 13.2 Å². The number of para-hydroxylation sites is 1. The van der Waals surface area contributed by atoms with E-state index in [1.165, 1.54) is 6.07 Å². The van der Waals surface area contributed by atoms with Gasteiger partial charge in [-0.3, -0.25) is 0 Å². The monoisotopic (exact) mass is 508 g/mol. The van der Waals surface area contributed by atoms with Crippen LogP contribution in [0.3, 0.4) is 0 Å². The van der Waals surface area contributed by atoms with Crippen LogP contribution >= 0.6 is 0 Å². The zero-order valence-electron chi connectivity index (χ0n) is 21.5. The normalized spacial score (nSPS) is 10.9. The van der Waals surface area contributed by atoms with Crippen molar-refractivity contribution < 1.29 is 23.7 Å². The molecule has 2 heterocycles. The van der Waals surface area contributed by atoms with Gasteiger partial charge in [0.2, 0.25) is 0 Å². The second-order valence-corrected chi connectivity index (χ2v) is 8.91. The minimum Gasteiger partial charge on any atom is -0.872 e. The average molecular weight is 509 g/mol. The van der Waals surface area contributed by atoms with E-state index in [0.717, 1.165) is 16.9 Å². The molecule has 0 aliphatic carbocycles. The van der Waals surface area contributed by atoms with Gasteiger partial charge in [-0.2, -0.15) is 8.97 Å². The van der Waals surface area contributed by atoms with Gasteiger partial charge in [0.15, 0.2) is 11.5 Å². The van der Waals surface area contributed by atoms with E-state index < -0.39 is 0 Å². The van der Waals surface area contributed by atoms with Crippen molar-refractivity contribution in [2.45, 2.75) is 20.1 Å². The van der Waals surface area contributed by atoms with Crippen LogP contribution in [-0.4, -0.2) is 18.8 Å². The van der Waals surface area contributed by atoms with Crippen LogP contribution in [0.5, 0.6) is 23.0 Å². The minimum absolute atomic E-state index is 0.125. The summed E-state index contributed by atoms with van der Waals surface area (Å²) in [7, 11) is 3.23. The zero-order chi connectivity index (χ0) is 26.6. The van der Waals surface area contributed by atoms with Gasteiger partial charge in [0.25, 0.3) is 5.65 Å². The van der Waals surface area contributed by atoms with Crippen molar-refractivity contribution >= 4 is 5.65 Å². The molecule has 5 rings (SSSR count). The number of fused-ring (bicyclic) bond motifs is 1. The second kappa shape index (κ2) is 10.7. The summed E-state index contributed by atoms with van der Waals surface area (Å²) in [5.41, 5.74) is 4.00. The van der Waals surface area contributed by atoms with Crippen molar-refractivity contribution in [2.24, 2.45) is 0 Å². The number of ether oxygens (including phenoxy) is 3. The first-order chi connectivity index (χ1) is 18.5. The van der Waals surface area contributed by atoms with Gasteiger partial charge in [0.05, 0.1) is 26.0 Å². The standard InChI is InChI=1S/C31H28N2O5/c1-21-30(25-8-4-5-9-26(25)34)32-17-7-6-10-29(32)33(31(21)35)19-23-13-16-27(28(18-23)37-3)38-20-22-11-14-24(36-2)15-12-22/h4-18H,19-20H2,1-3H3. The number of aromatic nitrogens is 2. The highest BCUT2D eigenvalue weighted by Gasteiger charge is 2.23. The first-order valence-corrected chi connectivity index (χ1v) is 12.2. The van der Waals surface area contributed by atoms with Gasteiger partial charge in [-0.05, 0) is 48.4 Å². The Bertz CT molecular complexity index is 1660. The van der Waals surface area contributed by atoms with E-state index in [4.69, 9.17) is 14.2 Å². The fourth-order valence-corrected chi connectivity index (χ4v) is 4.57. The predicted octanol–water partition coefficient (Wildman–Crippen LogP) is 4.28. The van der Waals surface area contributed by atoms with Gasteiger partial charge in [-0.25, -0.2) is 4.79 Å². The summed E-state index contributed by atoms with van der Waals surface area (Å²) in [5, 5.41) is 12.6. The lowest BCUT2D eigenvalue weighted by Gasteiger charge is -2.16. The summed E-state index contributed by atoms with van der Waals surface area (Å²) in [4.78, 5) is 13.6. The number of rotatable bonds is 8. The quantitative estimate of drug-likeness (QED) is 0.293. The molecule has 7 heteroatoms. The Morgan fingerprint density at radius 2 is 1.58 bits per heavy atom. The number of nitrogens with zero attached hydrogens (tertiary/aromatic N) is 2. The molecule has 5 aromatic rings. The molecule has 0 aliphatic heterocycles. The highest BCUT2D eigenvalue weighted by Crippen LogP contribution is 2.30. The molecule has 0 aliphatic rings. The topological polar surface area (TPSA) is 76.8 Å². The lowest BCUT2D eigenvalue weighted by atomic mass is 10.1. The largest absolute Gasteiger partial charge is 0.872 e. The molecule has 3 aromatic carbocycles. The van der Waals surface area contributed by atoms with Crippen LogP contribution in [0, 0.1) is 6.92 Å². The minimum atomic E-state index is -0.159. The number of benzene rings is 3. The molecule has 38 heavy (non-hydrogen) atoms. The van der Waals surface area contributed by atoms with E-state index in [0.29, 0.717) is 47.1 Å². The number of pyridine rings is 1. The Labute approximate surface area is 220 Å². The maximum absolute atomic E-state index is 13.6. The van der Waals surface area contributed by atoms with Crippen molar-refractivity contribution in [3.63, 3.8) is 0 Å². The van der Waals surface area contributed by atoms with Gasteiger partial charge >= 0.3 is 5.56 Å². The van der Waals surface area contributed by atoms with Crippen molar-refractivity contribution in [2.75, 3.05) is 14.2 Å². The molecule has 0 N–H and O–H groups in total. The average Bonchev–Trinajstić information content (AvgIpc) is 2.96. The van der Waals surface area contributed by atoms with E-state index in [1.54, 1.807) is 37.8 Å². The molecular weight excluding hydrogens is 480 g/mol. The van der Waals surface area contributed by atoms with Crippen LogP contribution in [0.1, 0.15) is 16.7 Å². The summed E-state index contributed by atoms with van der Waals surface area (Å²) in [6, 6.07) is 25.8. The molecule has 0 saturated carbocycles. The molecule has 0 amide bonds. The van der Waals surface area contributed by atoms with E-state index >= 15 is 0 Å². The van der Waals surface area contributed by atoms with E-state index in [1.807, 2.05) is 77.3 Å². The summed E-state index contributed by atoms with van der Waals surface area (Å²) in [6.07, 6.45) is 1.87. The maximum atomic E-state index is 13.6. The van der Waals surface area contributed by atoms with Crippen molar-refractivity contribution in [1.29, 1.82) is 0 Å². The van der Waals surface area contributed by atoms with Gasteiger partial charge in [-0.15, -0.1) is 0 Å². The molecule has 0 atom stereocenters. The van der Waals surface area contributed by atoms with E-state index in [9.17, 15) is 9.90 Å². The summed E-state index contributed by atoms with van der Waals surface area (Å²) in [5.74, 6) is 1.85. The molecule has 0 fully saturated rings. The predicted molar refractivity (Wildman–Crippen MR) is 143 cm³/mol. The highest BCUT2D eigenvalue weighted by atomic mass is 16.5. The summed E-state index contributed by atoms with van der Waals surface area (Å²) < 4.78 is 20.4. The third kappa shape index (κ3) is 4.78. The molecule has 0 saturated heterocycles. The molecule has 0 unspecified atom stereocenters. The molecule has 7 nitrogen and oxygen atoms in total. The van der Waals surface area contributed by atoms with Crippen molar-refractivity contribution in [1.82, 2.24) is 4.57 Å². The molecule has 0 radical (unpaired) electrons. The van der Waals surface area contributed by atoms with Gasteiger partial charge in [0.1, 0.15) is 24.6 Å². The Morgan fingerprint density at radius 1 is 0.842 bits per heavy atom. The molecule has 192 valence electrons. The summed E-state index contributed by atoms with van der Waals surface area (Å²) >= 11 is 0. The van der Waals surface area contributed by atoms with Crippen LogP contribution in [0.2, 0.25) is 0 Å². The zero-order valence-corrected chi connectivity index (χ0v) is 21.5. The van der Waals surface area contributed by atoms with Crippen LogP contribution in [0.15, 0.2) is 95.9 Å². The number of hydrogen-bond acceptors (Lipinski definition) is 5. The lowest BCUT2D eigenvalue weighted by molar-refractivity contribution is -0.504.